The molecule has 1 atom stereocenters. The van der Waals surface area contributed by atoms with Crippen LogP contribution in [0.2, 0.25) is 10.0 Å². The van der Waals surface area contributed by atoms with Crippen LogP contribution in [-0.4, -0.2) is 17.5 Å². The van der Waals surface area contributed by atoms with Crippen molar-refractivity contribution in [1.82, 2.24) is 4.90 Å². The zero-order valence-corrected chi connectivity index (χ0v) is 13.0. The second-order valence-electron chi connectivity index (χ2n) is 5.38. The summed E-state index contributed by atoms with van der Waals surface area (Å²) in [6.45, 7) is 4.35. The molecule has 1 heterocycles. The van der Waals surface area contributed by atoms with Gasteiger partial charge in [-0.05, 0) is 43.5 Å². The maximum atomic E-state index is 6.11. The molecular weight excluding hydrogens is 279 g/mol. The fourth-order valence-electron chi connectivity index (χ4n) is 2.89. The first kappa shape index (κ1) is 15.0. The van der Waals surface area contributed by atoms with Gasteiger partial charge in [-0.25, -0.2) is 0 Å². The van der Waals surface area contributed by atoms with Crippen molar-refractivity contribution in [3.8, 4) is 0 Å². The normalized spacial score (nSPS) is 20.7. The van der Waals surface area contributed by atoms with Gasteiger partial charge in [0.25, 0.3) is 0 Å². The van der Waals surface area contributed by atoms with Crippen LogP contribution in [0.1, 0.15) is 44.6 Å². The molecule has 1 aromatic rings. The molecule has 1 aromatic carbocycles. The van der Waals surface area contributed by atoms with E-state index < -0.39 is 0 Å². The Balaban J connectivity index is 2.10. The number of piperidine rings is 1. The Labute approximate surface area is 125 Å². The first-order valence-electron chi connectivity index (χ1n) is 7.09. The summed E-state index contributed by atoms with van der Waals surface area (Å²) in [5.74, 6) is 0. The number of likely N-dealkylation sites (tertiary alicyclic amines) is 1. The molecule has 0 aliphatic carbocycles. The van der Waals surface area contributed by atoms with E-state index in [9.17, 15) is 0 Å². The van der Waals surface area contributed by atoms with Crippen LogP contribution in [0, 0.1) is 0 Å². The number of nitrogens with zero attached hydrogens (tertiary/aromatic N) is 1. The maximum Gasteiger partial charge on any atom is 0.0693 e. The van der Waals surface area contributed by atoms with Crippen LogP contribution in [0.4, 0.5) is 5.69 Å². The topological polar surface area (TPSA) is 29.3 Å². The van der Waals surface area contributed by atoms with Gasteiger partial charge in [0.2, 0.25) is 0 Å². The average Bonchev–Trinajstić information content (AvgIpc) is 2.38. The lowest BCUT2D eigenvalue weighted by atomic mass is 9.97. The standard InChI is InChI=1S/C15H22Cl2N2/c1-2-5-12-6-3-4-7-19(12)10-11-8-13(16)15(18)14(17)9-11/h8-9,12H,2-7,10,18H2,1H3. The Bertz CT molecular complexity index is 409. The molecule has 2 N–H and O–H groups in total. The van der Waals surface area contributed by atoms with E-state index in [1.54, 1.807) is 0 Å². The highest BCUT2D eigenvalue weighted by molar-refractivity contribution is 6.38. The predicted octanol–water partition coefficient (Wildman–Crippen LogP) is 4.73. The van der Waals surface area contributed by atoms with Gasteiger partial charge in [-0.1, -0.05) is 43.0 Å². The van der Waals surface area contributed by atoms with E-state index in [4.69, 9.17) is 28.9 Å². The van der Waals surface area contributed by atoms with Crippen LogP contribution in [0.25, 0.3) is 0 Å². The first-order valence-corrected chi connectivity index (χ1v) is 7.85. The molecule has 0 bridgehead atoms. The molecular formula is C15H22Cl2N2. The van der Waals surface area contributed by atoms with Crippen LogP contribution in [0.5, 0.6) is 0 Å². The number of benzene rings is 1. The predicted molar refractivity (Wildman–Crippen MR) is 83.8 cm³/mol. The van der Waals surface area contributed by atoms with E-state index in [-0.39, 0.29) is 0 Å². The third-order valence-corrected chi connectivity index (χ3v) is 4.52. The highest BCUT2D eigenvalue weighted by atomic mass is 35.5. The molecule has 1 aliphatic rings. The molecule has 0 saturated carbocycles. The molecule has 2 nitrogen and oxygen atoms in total. The van der Waals surface area contributed by atoms with E-state index in [0.29, 0.717) is 21.8 Å². The SMILES string of the molecule is CCCC1CCCCN1Cc1cc(Cl)c(N)c(Cl)c1. The highest BCUT2D eigenvalue weighted by Crippen LogP contribution is 2.30. The Morgan fingerprint density at radius 3 is 2.58 bits per heavy atom. The molecule has 0 spiro atoms. The summed E-state index contributed by atoms with van der Waals surface area (Å²) in [6.07, 6.45) is 6.46. The van der Waals surface area contributed by atoms with Crippen molar-refractivity contribution in [2.45, 2.75) is 51.6 Å². The van der Waals surface area contributed by atoms with E-state index in [2.05, 4.69) is 11.8 Å². The number of rotatable bonds is 4. The quantitative estimate of drug-likeness (QED) is 0.815. The second-order valence-corrected chi connectivity index (χ2v) is 6.20. The van der Waals surface area contributed by atoms with Gasteiger partial charge in [0.1, 0.15) is 0 Å². The van der Waals surface area contributed by atoms with Crippen LogP contribution < -0.4 is 5.73 Å². The van der Waals surface area contributed by atoms with Crippen LogP contribution in [-0.2, 0) is 6.54 Å². The average molecular weight is 301 g/mol. The molecule has 0 aromatic heterocycles. The van der Waals surface area contributed by atoms with Gasteiger partial charge in [-0.3, -0.25) is 4.90 Å². The summed E-state index contributed by atoms with van der Waals surface area (Å²) >= 11 is 12.2. The fourth-order valence-corrected chi connectivity index (χ4v) is 3.42. The van der Waals surface area contributed by atoms with Crippen molar-refractivity contribution in [3.63, 3.8) is 0 Å². The van der Waals surface area contributed by atoms with Crippen molar-refractivity contribution >= 4 is 28.9 Å². The minimum absolute atomic E-state index is 0.482. The number of hydrogen-bond acceptors (Lipinski definition) is 2. The zero-order chi connectivity index (χ0) is 13.8. The third-order valence-electron chi connectivity index (χ3n) is 3.90. The van der Waals surface area contributed by atoms with E-state index in [1.165, 1.54) is 38.6 Å². The van der Waals surface area contributed by atoms with Gasteiger partial charge in [0.15, 0.2) is 0 Å². The molecule has 1 fully saturated rings. The lowest BCUT2D eigenvalue weighted by molar-refractivity contribution is 0.131. The van der Waals surface area contributed by atoms with Gasteiger partial charge in [0.05, 0.1) is 15.7 Å². The Morgan fingerprint density at radius 2 is 1.95 bits per heavy atom. The van der Waals surface area contributed by atoms with E-state index >= 15 is 0 Å². The Morgan fingerprint density at radius 1 is 1.26 bits per heavy atom. The van der Waals surface area contributed by atoms with Gasteiger partial charge in [-0.2, -0.15) is 0 Å². The molecule has 1 aliphatic heterocycles. The molecule has 2 rings (SSSR count). The van der Waals surface area contributed by atoms with Crippen molar-refractivity contribution in [3.05, 3.63) is 27.7 Å². The van der Waals surface area contributed by atoms with Crippen LogP contribution in [0.3, 0.4) is 0 Å². The molecule has 0 amide bonds. The summed E-state index contributed by atoms with van der Waals surface area (Å²) in [4.78, 5) is 2.56. The largest absolute Gasteiger partial charge is 0.396 e. The number of hydrogen-bond donors (Lipinski definition) is 1. The first-order chi connectivity index (χ1) is 9.11. The number of nitrogens with two attached hydrogens (primary N) is 1. The minimum Gasteiger partial charge on any atom is -0.396 e. The van der Waals surface area contributed by atoms with Crippen molar-refractivity contribution < 1.29 is 0 Å². The summed E-state index contributed by atoms with van der Waals surface area (Å²) < 4.78 is 0. The Hall–Kier alpha value is -0.440. The molecule has 106 valence electrons. The lowest BCUT2D eigenvalue weighted by Crippen LogP contribution is -2.38. The van der Waals surface area contributed by atoms with Gasteiger partial charge >= 0.3 is 0 Å². The maximum absolute atomic E-state index is 6.11. The highest BCUT2D eigenvalue weighted by Gasteiger charge is 2.21. The van der Waals surface area contributed by atoms with E-state index in [0.717, 1.165) is 12.1 Å². The number of halogens is 2. The molecule has 0 radical (unpaired) electrons. The Kier molecular flexibility index (Phi) is 5.37. The summed E-state index contributed by atoms with van der Waals surface area (Å²) in [5, 5.41) is 1.12. The third kappa shape index (κ3) is 3.77. The van der Waals surface area contributed by atoms with Crippen LogP contribution in [0.15, 0.2) is 12.1 Å². The summed E-state index contributed by atoms with van der Waals surface area (Å²) in [5.41, 5.74) is 7.42. The molecule has 4 heteroatoms. The van der Waals surface area contributed by atoms with Gasteiger partial charge in [-0.15, -0.1) is 0 Å². The lowest BCUT2D eigenvalue weighted by Gasteiger charge is -2.35. The molecule has 1 saturated heterocycles. The number of nitrogen functional groups attached to an aromatic ring is 1. The fraction of sp³-hybridized carbons (Fsp3) is 0.600. The second kappa shape index (κ2) is 6.83. The monoisotopic (exact) mass is 300 g/mol. The van der Waals surface area contributed by atoms with Crippen molar-refractivity contribution in [1.29, 1.82) is 0 Å². The summed E-state index contributed by atoms with van der Waals surface area (Å²) in [7, 11) is 0. The van der Waals surface area contributed by atoms with Gasteiger partial charge < -0.3 is 5.73 Å². The molecule has 1 unspecified atom stereocenters. The number of anilines is 1. The summed E-state index contributed by atoms with van der Waals surface area (Å²) in [6, 6.07) is 4.59. The van der Waals surface area contributed by atoms with E-state index in [1.807, 2.05) is 12.1 Å². The smallest absolute Gasteiger partial charge is 0.0693 e. The molecule has 19 heavy (non-hydrogen) atoms. The minimum atomic E-state index is 0.482. The zero-order valence-electron chi connectivity index (χ0n) is 11.5. The van der Waals surface area contributed by atoms with Crippen LogP contribution >= 0.6 is 23.2 Å². The van der Waals surface area contributed by atoms with Crippen molar-refractivity contribution in [2.75, 3.05) is 12.3 Å². The van der Waals surface area contributed by atoms with Gasteiger partial charge in [0, 0.05) is 12.6 Å². The van der Waals surface area contributed by atoms with Crippen molar-refractivity contribution in [2.24, 2.45) is 0 Å².